The van der Waals surface area contributed by atoms with Crippen LogP contribution in [0.15, 0.2) is 167 Å². The molecular weight excluding hydrogens is 645 g/mol. The standard InChI is InChI=1S/C46H26N2O2S/c1-3-19-40-34(13-1)36-17-7-15-32(44(36)49-40)29-10-5-9-27(23-29)28-21-22-41-38(25-28)43-46(50-41)48-39(26-47-43)31-12-6-11-30(24-31)33-16-8-18-37-35-14-2-4-20-42(35)51-45(33)37/h1-26H. The first-order valence-corrected chi connectivity index (χ1v) is 17.8. The molecule has 0 unspecified atom stereocenters. The zero-order chi connectivity index (χ0) is 33.5. The van der Waals surface area contributed by atoms with Gasteiger partial charge >= 0.3 is 0 Å². The molecule has 0 atom stereocenters. The van der Waals surface area contributed by atoms with Gasteiger partial charge in [0.05, 0.1) is 11.9 Å². The van der Waals surface area contributed by atoms with Crippen LogP contribution in [0.3, 0.4) is 0 Å². The second-order valence-electron chi connectivity index (χ2n) is 12.9. The first-order valence-electron chi connectivity index (χ1n) is 17.0. The first kappa shape index (κ1) is 28.3. The van der Waals surface area contributed by atoms with E-state index in [1.165, 1.54) is 25.7 Å². The predicted molar refractivity (Wildman–Crippen MR) is 211 cm³/mol. The Balaban J connectivity index is 0.964. The smallest absolute Gasteiger partial charge is 0.246 e. The van der Waals surface area contributed by atoms with Crippen molar-refractivity contribution in [2.24, 2.45) is 0 Å². The Morgan fingerprint density at radius 3 is 2.04 bits per heavy atom. The maximum atomic E-state index is 6.35. The molecule has 0 aliphatic carbocycles. The van der Waals surface area contributed by atoms with E-state index in [0.29, 0.717) is 5.71 Å². The van der Waals surface area contributed by atoms with E-state index < -0.39 is 0 Å². The third-order valence-electron chi connectivity index (χ3n) is 9.97. The summed E-state index contributed by atoms with van der Waals surface area (Å²) in [5.41, 5.74) is 12.4. The van der Waals surface area contributed by atoms with Gasteiger partial charge in [0.15, 0.2) is 0 Å². The number of nitrogens with zero attached hydrogens (tertiary/aromatic N) is 2. The molecule has 0 fully saturated rings. The predicted octanol–water partition coefficient (Wildman–Crippen LogP) is 13.3. The summed E-state index contributed by atoms with van der Waals surface area (Å²) in [4.78, 5) is 9.90. The van der Waals surface area contributed by atoms with Gasteiger partial charge in [0.25, 0.3) is 0 Å². The van der Waals surface area contributed by atoms with Crippen LogP contribution in [-0.4, -0.2) is 9.97 Å². The molecule has 0 saturated carbocycles. The maximum absolute atomic E-state index is 6.35. The third-order valence-corrected chi connectivity index (χ3v) is 11.2. The maximum Gasteiger partial charge on any atom is 0.246 e. The van der Waals surface area contributed by atoms with Crippen molar-refractivity contribution in [3.8, 4) is 44.6 Å². The summed E-state index contributed by atoms with van der Waals surface area (Å²) in [5.74, 6) is 0. The van der Waals surface area contributed by atoms with Gasteiger partial charge in [0.2, 0.25) is 5.71 Å². The second kappa shape index (κ2) is 11.0. The Kier molecular flexibility index (Phi) is 6.09. The normalized spacial score (nSPS) is 11.9. The average Bonchev–Trinajstić information content (AvgIpc) is 3.88. The number of thiophene rings is 1. The van der Waals surface area contributed by atoms with Gasteiger partial charge in [-0.25, -0.2) is 9.97 Å². The Morgan fingerprint density at radius 2 is 1.12 bits per heavy atom. The van der Waals surface area contributed by atoms with Gasteiger partial charge in [-0.05, 0) is 64.2 Å². The Labute approximate surface area is 295 Å². The van der Waals surface area contributed by atoms with Crippen molar-refractivity contribution in [2.75, 3.05) is 0 Å². The van der Waals surface area contributed by atoms with Gasteiger partial charge in [-0.15, -0.1) is 11.3 Å². The number of para-hydroxylation sites is 2. The molecule has 0 N–H and O–H groups in total. The lowest BCUT2D eigenvalue weighted by Crippen LogP contribution is -1.88. The summed E-state index contributed by atoms with van der Waals surface area (Å²) in [6.07, 6.45) is 1.86. The van der Waals surface area contributed by atoms with E-state index >= 15 is 0 Å². The monoisotopic (exact) mass is 670 g/mol. The molecule has 0 spiro atoms. The highest BCUT2D eigenvalue weighted by Crippen LogP contribution is 2.41. The van der Waals surface area contributed by atoms with Crippen LogP contribution in [0.2, 0.25) is 0 Å². The average molecular weight is 671 g/mol. The Bertz CT molecular complexity index is 3170. The summed E-state index contributed by atoms with van der Waals surface area (Å²) in [7, 11) is 0. The van der Waals surface area contributed by atoms with Crippen molar-refractivity contribution in [3.05, 3.63) is 158 Å². The highest BCUT2D eigenvalue weighted by atomic mass is 32.1. The largest absolute Gasteiger partial charge is 0.455 e. The van der Waals surface area contributed by atoms with Crippen LogP contribution in [0, 0.1) is 0 Å². The van der Waals surface area contributed by atoms with E-state index in [-0.39, 0.29) is 0 Å². The molecule has 51 heavy (non-hydrogen) atoms. The molecule has 7 aromatic carbocycles. The molecule has 0 aliphatic rings. The fourth-order valence-electron chi connectivity index (χ4n) is 7.52. The molecule has 238 valence electrons. The minimum atomic E-state index is 0.530. The number of fused-ring (bicyclic) bond motifs is 9. The van der Waals surface area contributed by atoms with Crippen LogP contribution in [-0.2, 0) is 0 Å². The number of furan rings is 2. The lowest BCUT2D eigenvalue weighted by molar-refractivity contribution is 0.653. The molecular formula is C46H26N2O2S. The molecule has 4 aromatic heterocycles. The van der Waals surface area contributed by atoms with Crippen LogP contribution in [0.1, 0.15) is 0 Å². The number of aromatic nitrogens is 2. The van der Waals surface area contributed by atoms with E-state index in [2.05, 4.69) is 133 Å². The molecule has 0 bridgehead atoms. The number of hydrogen-bond acceptors (Lipinski definition) is 5. The quantitative estimate of drug-likeness (QED) is 0.187. The topological polar surface area (TPSA) is 52.1 Å². The lowest BCUT2D eigenvalue weighted by atomic mass is 9.97. The third kappa shape index (κ3) is 4.45. The second-order valence-corrected chi connectivity index (χ2v) is 14.0. The van der Waals surface area contributed by atoms with E-state index in [1.54, 1.807) is 0 Å². The van der Waals surface area contributed by atoms with Crippen molar-refractivity contribution >= 4 is 75.6 Å². The van der Waals surface area contributed by atoms with E-state index in [9.17, 15) is 0 Å². The van der Waals surface area contributed by atoms with Gasteiger partial charge in [0, 0.05) is 47.5 Å². The molecule has 4 heterocycles. The van der Waals surface area contributed by atoms with Crippen molar-refractivity contribution in [1.29, 1.82) is 0 Å². The minimum absolute atomic E-state index is 0.530. The van der Waals surface area contributed by atoms with Crippen LogP contribution in [0.25, 0.3) is 109 Å². The number of rotatable bonds is 4. The fourth-order valence-corrected chi connectivity index (χ4v) is 8.75. The lowest BCUT2D eigenvalue weighted by Gasteiger charge is -2.07. The molecule has 5 heteroatoms. The summed E-state index contributed by atoms with van der Waals surface area (Å²) in [6.45, 7) is 0. The molecule has 0 amide bonds. The van der Waals surface area contributed by atoms with E-state index in [1.807, 2.05) is 35.7 Å². The Hall–Kier alpha value is -6.56. The highest BCUT2D eigenvalue weighted by Gasteiger charge is 2.16. The number of benzene rings is 7. The van der Waals surface area contributed by atoms with Crippen LogP contribution in [0.4, 0.5) is 0 Å². The zero-order valence-electron chi connectivity index (χ0n) is 27.1. The molecule has 11 rings (SSSR count). The van der Waals surface area contributed by atoms with Gasteiger partial charge in [-0.2, -0.15) is 0 Å². The van der Waals surface area contributed by atoms with E-state index in [0.717, 1.165) is 77.5 Å². The van der Waals surface area contributed by atoms with Gasteiger partial charge < -0.3 is 8.83 Å². The first-order chi connectivity index (χ1) is 25.2. The van der Waals surface area contributed by atoms with Crippen molar-refractivity contribution in [1.82, 2.24) is 9.97 Å². The van der Waals surface area contributed by atoms with Crippen LogP contribution < -0.4 is 0 Å². The molecule has 11 aromatic rings. The summed E-state index contributed by atoms with van der Waals surface area (Å²) >= 11 is 1.84. The minimum Gasteiger partial charge on any atom is -0.455 e. The summed E-state index contributed by atoms with van der Waals surface area (Å²) in [5, 5.41) is 5.78. The molecule has 4 nitrogen and oxygen atoms in total. The number of hydrogen-bond donors (Lipinski definition) is 0. The Morgan fingerprint density at radius 1 is 0.451 bits per heavy atom. The SMILES string of the molecule is c1cc(-c2ccc3oc4nc(-c5cccc(-c6cccc7c6sc6ccccc67)c5)cnc4c3c2)cc(-c2cccc3c2oc2ccccc23)c1. The zero-order valence-corrected chi connectivity index (χ0v) is 27.9. The van der Waals surface area contributed by atoms with Gasteiger partial charge in [-0.1, -0.05) is 115 Å². The van der Waals surface area contributed by atoms with Gasteiger partial charge in [-0.3, -0.25) is 0 Å². The molecule has 0 saturated heterocycles. The van der Waals surface area contributed by atoms with Gasteiger partial charge in [0.1, 0.15) is 22.3 Å². The van der Waals surface area contributed by atoms with Crippen molar-refractivity contribution in [3.63, 3.8) is 0 Å². The fraction of sp³-hybridized carbons (Fsp3) is 0. The van der Waals surface area contributed by atoms with Crippen molar-refractivity contribution in [2.45, 2.75) is 0 Å². The van der Waals surface area contributed by atoms with E-state index in [4.69, 9.17) is 18.8 Å². The van der Waals surface area contributed by atoms with Crippen LogP contribution >= 0.6 is 11.3 Å². The van der Waals surface area contributed by atoms with Crippen molar-refractivity contribution < 1.29 is 8.83 Å². The highest BCUT2D eigenvalue weighted by molar-refractivity contribution is 7.26. The molecule has 0 radical (unpaired) electrons. The summed E-state index contributed by atoms with van der Waals surface area (Å²) in [6, 6.07) is 53.2. The molecule has 0 aliphatic heterocycles. The summed E-state index contributed by atoms with van der Waals surface area (Å²) < 4.78 is 15.2. The van der Waals surface area contributed by atoms with Crippen LogP contribution in [0.5, 0.6) is 0 Å².